The summed E-state index contributed by atoms with van der Waals surface area (Å²) in [6.07, 6.45) is 5.08. The summed E-state index contributed by atoms with van der Waals surface area (Å²) < 4.78 is 38.3. The van der Waals surface area contributed by atoms with E-state index in [-0.39, 0.29) is 17.1 Å². The van der Waals surface area contributed by atoms with Gasteiger partial charge in [0, 0.05) is 37.7 Å². The highest BCUT2D eigenvalue weighted by Crippen LogP contribution is 2.46. The summed E-state index contributed by atoms with van der Waals surface area (Å²) in [5, 5.41) is 7.75. The van der Waals surface area contributed by atoms with Crippen molar-refractivity contribution in [2.75, 3.05) is 25.7 Å². The molecule has 0 saturated heterocycles. The van der Waals surface area contributed by atoms with Crippen molar-refractivity contribution in [2.45, 2.75) is 18.9 Å². The van der Waals surface area contributed by atoms with Crippen molar-refractivity contribution < 1.29 is 18.3 Å². The Morgan fingerprint density at radius 3 is 2.77 bits per heavy atom. The fourth-order valence-corrected chi connectivity index (χ4v) is 3.34. The summed E-state index contributed by atoms with van der Waals surface area (Å²) in [4.78, 5) is 18.4. The fraction of sp³-hybridized carbons (Fsp3) is 0.400. The highest BCUT2D eigenvalue weighted by Gasteiger charge is 2.40. The minimum atomic E-state index is -2.76. The van der Waals surface area contributed by atoms with Crippen molar-refractivity contribution in [1.82, 2.24) is 24.5 Å². The molecule has 0 spiro atoms. The summed E-state index contributed by atoms with van der Waals surface area (Å²) in [7, 11) is 4.71. The first kappa shape index (κ1) is 20.8. The monoisotopic (exact) mass is 432 g/mol. The van der Waals surface area contributed by atoms with Crippen LogP contribution in [-0.2, 0) is 7.05 Å². The van der Waals surface area contributed by atoms with Crippen molar-refractivity contribution >= 4 is 11.4 Å². The van der Waals surface area contributed by atoms with Gasteiger partial charge in [-0.1, -0.05) is 0 Å². The highest BCUT2D eigenvalue weighted by molar-refractivity contribution is 5.60. The van der Waals surface area contributed by atoms with Crippen LogP contribution in [0.15, 0.2) is 41.6 Å². The molecule has 0 bridgehead atoms. The first-order valence-electron chi connectivity index (χ1n) is 9.64. The van der Waals surface area contributed by atoms with Crippen molar-refractivity contribution in [3.8, 4) is 11.6 Å². The maximum Gasteiger partial charge on any atom is 0.333 e. The van der Waals surface area contributed by atoms with E-state index >= 15 is 0 Å². The van der Waals surface area contributed by atoms with E-state index in [0.29, 0.717) is 34.6 Å². The van der Waals surface area contributed by atoms with Gasteiger partial charge in [-0.25, -0.2) is 9.36 Å². The van der Waals surface area contributed by atoms with E-state index in [4.69, 9.17) is 9.47 Å². The van der Waals surface area contributed by atoms with Crippen LogP contribution in [0.25, 0.3) is 0 Å². The van der Waals surface area contributed by atoms with Crippen molar-refractivity contribution in [3.05, 3.63) is 52.8 Å². The lowest BCUT2D eigenvalue weighted by Crippen LogP contribution is -2.27. The molecule has 0 unspecified atom stereocenters. The Morgan fingerprint density at radius 2 is 2.13 bits per heavy atom. The number of pyridine rings is 1. The second-order valence-corrected chi connectivity index (χ2v) is 7.35. The predicted octanol–water partition coefficient (Wildman–Crippen LogP) is 2.73. The van der Waals surface area contributed by atoms with Crippen LogP contribution in [0.4, 0.5) is 20.2 Å². The van der Waals surface area contributed by atoms with Crippen LogP contribution in [0.1, 0.15) is 24.6 Å². The number of alkyl halides is 2. The smallest absolute Gasteiger partial charge is 0.333 e. The first-order valence-corrected chi connectivity index (χ1v) is 9.64. The lowest BCUT2D eigenvalue weighted by molar-refractivity contribution is 0.0566. The van der Waals surface area contributed by atoms with E-state index in [1.165, 1.54) is 30.4 Å². The molecule has 0 radical (unpaired) electrons. The quantitative estimate of drug-likeness (QED) is 0.541. The van der Waals surface area contributed by atoms with Crippen LogP contribution >= 0.6 is 0 Å². The van der Waals surface area contributed by atoms with Crippen LogP contribution in [0.2, 0.25) is 0 Å². The molecule has 1 aliphatic rings. The van der Waals surface area contributed by atoms with E-state index < -0.39 is 6.55 Å². The number of hydrogen-bond acceptors (Lipinski definition) is 7. The second kappa shape index (κ2) is 8.32. The van der Waals surface area contributed by atoms with Crippen LogP contribution < -0.4 is 19.9 Å². The molecule has 3 heterocycles. The average Bonchev–Trinajstić information content (AvgIpc) is 3.37. The molecule has 0 aliphatic heterocycles. The summed E-state index contributed by atoms with van der Waals surface area (Å²) >= 11 is 0. The molecule has 0 amide bonds. The van der Waals surface area contributed by atoms with Gasteiger partial charge in [0.05, 0.1) is 38.0 Å². The van der Waals surface area contributed by atoms with E-state index in [9.17, 15) is 13.6 Å². The van der Waals surface area contributed by atoms with Gasteiger partial charge in [0.25, 0.3) is 5.56 Å². The standard InChI is InChI=1S/C20H22F2N6O3/c1-26(13-8-24-28(10-13)20(21)22)17-7-18(25-27(2)19(17)29)31-11-12-6-15(12)16-5-4-14(30-3)9-23-16/h4-5,7-10,12,15,20H,6,11H2,1-3H3/t12-,15+/m1/s1. The molecule has 164 valence electrons. The molecule has 1 fully saturated rings. The molecule has 1 saturated carbocycles. The molecule has 3 aromatic heterocycles. The number of ether oxygens (including phenoxy) is 2. The van der Waals surface area contributed by atoms with Gasteiger partial charge in [0.1, 0.15) is 11.4 Å². The third-order valence-electron chi connectivity index (χ3n) is 5.30. The first-order chi connectivity index (χ1) is 14.9. The van der Waals surface area contributed by atoms with Gasteiger partial charge >= 0.3 is 6.55 Å². The Hall–Kier alpha value is -3.50. The molecule has 2 atom stereocenters. The Bertz CT molecular complexity index is 1110. The Labute approximate surface area is 176 Å². The normalized spacial score (nSPS) is 17.6. The molecular formula is C20H22F2N6O3. The lowest BCUT2D eigenvalue weighted by atomic mass is 10.2. The van der Waals surface area contributed by atoms with E-state index in [1.54, 1.807) is 20.4 Å². The molecule has 1 aliphatic carbocycles. The molecule has 3 aromatic rings. The van der Waals surface area contributed by atoms with E-state index in [1.807, 2.05) is 12.1 Å². The molecule has 11 heteroatoms. The molecular weight excluding hydrogens is 410 g/mol. The molecule has 31 heavy (non-hydrogen) atoms. The fourth-order valence-electron chi connectivity index (χ4n) is 3.34. The number of aromatic nitrogens is 5. The average molecular weight is 432 g/mol. The van der Waals surface area contributed by atoms with Crippen molar-refractivity contribution in [2.24, 2.45) is 13.0 Å². The van der Waals surface area contributed by atoms with Crippen LogP contribution in [0.3, 0.4) is 0 Å². The maximum atomic E-state index is 12.8. The molecule has 0 N–H and O–H groups in total. The topological polar surface area (TPSA) is 87.3 Å². The maximum absolute atomic E-state index is 12.8. The number of aryl methyl sites for hydroxylation is 1. The number of anilines is 2. The number of halogens is 2. The molecule has 0 aromatic carbocycles. The predicted molar refractivity (Wildman–Crippen MR) is 108 cm³/mol. The van der Waals surface area contributed by atoms with Gasteiger partial charge in [-0.2, -0.15) is 13.9 Å². The highest BCUT2D eigenvalue weighted by atomic mass is 19.3. The lowest BCUT2D eigenvalue weighted by Gasteiger charge is -2.18. The van der Waals surface area contributed by atoms with Crippen LogP contribution in [-0.4, -0.2) is 45.3 Å². The van der Waals surface area contributed by atoms with Gasteiger partial charge in [-0.15, -0.1) is 5.10 Å². The third kappa shape index (κ3) is 4.35. The van der Waals surface area contributed by atoms with Gasteiger partial charge in [0.2, 0.25) is 5.88 Å². The van der Waals surface area contributed by atoms with Gasteiger partial charge in [-0.3, -0.25) is 9.78 Å². The Kier molecular flexibility index (Phi) is 5.57. The minimum Gasteiger partial charge on any atom is -0.495 e. The zero-order valence-corrected chi connectivity index (χ0v) is 17.3. The minimum absolute atomic E-state index is 0.241. The van der Waals surface area contributed by atoms with Gasteiger partial charge < -0.3 is 14.4 Å². The summed E-state index contributed by atoms with van der Waals surface area (Å²) in [6.45, 7) is -2.33. The Morgan fingerprint density at radius 1 is 1.32 bits per heavy atom. The van der Waals surface area contributed by atoms with Gasteiger partial charge in [0.15, 0.2) is 0 Å². The summed E-state index contributed by atoms with van der Waals surface area (Å²) in [6, 6.07) is 5.33. The van der Waals surface area contributed by atoms with Crippen LogP contribution in [0.5, 0.6) is 11.6 Å². The van der Waals surface area contributed by atoms with Crippen LogP contribution in [0, 0.1) is 5.92 Å². The van der Waals surface area contributed by atoms with Gasteiger partial charge in [-0.05, 0) is 18.6 Å². The van der Waals surface area contributed by atoms with E-state index in [0.717, 1.165) is 16.8 Å². The Balaban J connectivity index is 1.44. The largest absolute Gasteiger partial charge is 0.495 e. The van der Waals surface area contributed by atoms with Crippen molar-refractivity contribution in [3.63, 3.8) is 0 Å². The zero-order valence-electron chi connectivity index (χ0n) is 17.3. The molecule has 9 nitrogen and oxygen atoms in total. The summed E-state index contributed by atoms with van der Waals surface area (Å²) in [5.41, 5.74) is 1.19. The zero-order chi connectivity index (χ0) is 22.1. The number of rotatable bonds is 8. The van der Waals surface area contributed by atoms with E-state index in [2.05, 4.69) is 15.2 Å². The number of nitrogens with zero attached hydrogens (tertiary/aromatic N) is 6. The second-order valence-electron chi connectivity index (χ2n) is 7.35. The molecule has 4 rings (SSSR count). The number of hydrogen-bond donors (Lipinski definition) is 0. The third-order valence-corrected chi connectivity index (χ3v) is 5.30. The SMILES string of the molecule is COc1ccc([C@H]2C[C@@H]2COc2cc(N(C)c3cnn(C(F)F)c3)c(=O)n(C)n2)nc1. The number of methoxy groups -OCH3 is 1. The summed E-state index contributed by atoms with van der Waals surface area (Å²) in [5.74, 6) is 1.59. The van der Waals surface area contributed by atoms with Crippen molar-refractivity contribution in [1.29, 1.82) is 0 Å².